The van der Waals surface area contributed by atoms with Gasteiger partial charge < -0.3 is 4.57 Å². The van der Waals surface area contributed by atoms with Gasteiger partial charge in [0.05, 0.1) is 0 Å². The smallest absolute Gasteiger partial charge is 0.136 e. The molecule has 0 spiro atoms. The summed E-state index contributed by atoms with van der Waals surface area (Å²) >= 11 is 0. The highest BCUT2D eigenvalue weighted by Gasteiger charge is 2.01. The van der Waals surface area contributed by atoms with Gasteiger partial charge in [0, 0.05) is 13.5 Å². The summed E-state index contributed by atoms with van der Waals surface area (Å²) < 4.78 is 14.5. The molecule has 0 radical (unpaired) electrons. The minimum absolute atomic E-state index is 0.216. The van der Waals surface area contributed by atoms with Gasteiger partial charge in [0.25, 0.3) is 0 Å². The molecule has 0 amide bonds. The molecular weight excluding hydrogens is 181 g/mol. The molecule has 2 aromatic rings. The third-order valence-electron chi connectivity index (χ3n) is 2.08. The summed E-state index contributed by atoms with van der Waals surface area (Å²) in [6, 6.07) is 6.41. The number of hydrogen-bond acceptors (Lipinski definition) is 2. The highest BCUT2D eigenvalue weighted by Crippen LogP contribution is 2.07. The van der Waals surface area contributed by atoms with E-state index in [9.17, 15) is 4.39 Å². The van der Waals surface area contributed by atoms with E-state index in [0.717, 1.165) is 11.4 Å². The van der Waals surface area contributed by atoms with Crippen LogP contribution in [0.15, 0.2) is 30.6 Å². The second kappa shape index (κ2) is 3.57. The van der Waals surface area contributed by atoms with E-state index < -0.39 is 0 Å². The molecule has 1 aromatic carbocycles. The van der Waals surface area contributed by atoms with Gasteiger partial charge in [-0.3, -0.25) is 0 Å². The van der Waals surface area contributed by atoms with Crippen LogP contribution in [0.5, 0.6) is 0 Å². The van der Waals surface area contributed by atoms with Crippen LogP contribution >= 0.6 is 0 Å². The highest BCUT2D eigenvalue weighted by atomic mass is 19.1. The van der Waals surface area contributed by atoms with Crippen molar-refractivity contribution < 1.29 is 4.39 Å². The van der Waals surface area contributed by atoms with Crippen molar-refractivity contribution in [1.29, 1.82) is 0 Å². The van der Waals surface area contributed by atoms with Crippen LogP contribution < -0.4 is 0 Å². The van der Waals surface area contributed by atoms with Crippen molar-refractivity contribution in [3.63, 3.8) is 0 Å². The SMILES string of the molecule is Cn1cnnc1Cc1ccc(F)cc1. The van der Waals surface area contributed by atoms with Crippen molar-refractivity contribution in [3.05, 3.63) is 47.8 Å². The number of halogens is 1. The van der Waals surface area contributed by atoms with Crippen LogP contribution in [0.25, 0.3) is 0 Å². The topological polar surface area (TPSA) is 30.7 Å². The zero-order chi connectivity index (χ0) is 9.97. The molecule has 2 rings (SSSR count). The lowest BCUT2D eigenvalue weighted by Crippen LogP contribution is -1.98. The summed E-state index contributed by atoms with van der Waals surface area (Å²) in [5.41, 5.74) is 1.03. The Labute approximate surface area is 81.2 Å². The maximum Gasteiger partial charge on any atom is 0.136 e. The summed E-state index contributed by atoms with van der Waals surface area (Å²) in [6.45, 7) is 0. The lowest BCUT2D eigenvalue weighted by molar-refractivity contribution is 0.627. The van der Waals surface area contributed by atoms with Crippen LogP contribution in [0.2, 0.25) is 0 Å². The Hall–Kier alpha value is -1.71. The first-order valence-electron chi connectivity index (χ1n) is 4.33. The molecule has 0 saturated heterocycles. The van der Waals surface area contributed by atoms with E-state index in [2.05, 4.69) is 10.2 Å². The third kappa shape index (κ3) is 1.79. The van der Waals surface area contributed by atoms with Gasteiger partial charge in [0.2, 0.25) is 0 Å². The van der Waals surface area contributed by atoms with Crippen LogP contribution in [-0.4, -0.2) is 14.8 Å². The zero-order valence-corrected chi connectivity index (χ0v) is 7.81. The molecule has 3 nitrogen and oxygen atoms in total. The summed E-state index contributed by atoms with van der Waals surface area (Å²) in [4.78, 5) is 0. The predicted octanol–water partition coefficient (Wildman–Crippen LogP) is 1.54. The van der Waals surface area contributed by atoms with Crippen molar-refractivity contribution in [3.8, 4) is 0 Å². The molecule has 1 aromatic heterocycles. The van der Waals surface area contributed by atoms with Gasteiger partial charge in [-0.05, 0) is 17.7 Å². The van der Waals surface area contributed by atoms with E-state index in [1.54, 1.807) is 18.5 Å². The van der Waals surface area contributed by atoms with Gasteiger partial charge >= 0.3 is 0 Å². The molecule has 0 aliphatic carbocycles. The van der Waals surface area contributed by atoms with E-state index in [-0.39, 0.29) is 5.82 Å². The first-order chi connectivity index (χ1) is 6.75. The molecule has 0 fully saturated rings. The fourth-order valence-electron chi connectivity index (χ4n) is 1.25. The number of rotatable bonds is 2. The quantitative estimate of drug-likeness (QED) is 0.721. The Bertz CT molecular complexity index is 419. The first-order valence-corrected chi connectivity index (χ1v) is 4.33. The lowest BCUT2D eigenvalue weighted by Gasteiger charge is -2.00. The molecule has 4 heteroatoms. The normalized spacial score (nSPS) is 10.4. The summed E-state index contributed by atoms with van der Waals surface area (Å²) in [6.07, 6.45) is 2.33. The van der Waals surface area contributed by atoms with Gasteiger partial charge in [0.15, 0.2) is 0 Å². The van der Waals surface area contributed by atoms with Crippen molar-refractivity contribution in [2.45, 2.75) is 6.42 Å². The van der Waals surface area contributed by atoms with E-state index in [0.29, 0.717) is 6.42 Å². The standard InChI is InChI=1S/C10H10FN3/c1-14-7-12-13-10(14)6-8-2-4-9(11)5-3-8/h2-5,7H,6H2,1H3. The second-order valence-electron chi connectivity index (χ2n) is 3.16. The molecule has 0 saturated carbocycles. The average molecular weight is 191 g/mol. The molecule has 0 atom stereocenters. The molecule has 0 unspecified atom stereocenters. The molecular formula is C10H10FN3. The highest BCUT2D eigenvalue weighted by molar-refractivity contribution is 5.19. The van der Waals surface area contributed by atoms with Crippen molar-refractivity contribution in [2.24, 2.45) is 7.05 Å². The summed E-state index contributed by atoms with van der Waals surface area (Å²) in [7, 11) is 1.89. The van der Waals surface area contributed by atoms with Crippen LogP contribution in [0.1, 0.15) is 11.4 Å². The molecule has 72 valence electrons. The molecule has 0 N–H and O–H groups in total. The first kappa shape index (κ1) is 8.87. The van der Waals surface area contributed by atoms with E-state index >= 15 is 0 Å². The lowest BCUT2D eigenvalue weighted by atomic mass is 10.1. The van der Waals surface area contributed by atoms with Crippen LogP contribution in [0.4, 0.5) is 4.39 Å². The van der Waals surface area contributed by atoms with Gasteiger partial charge in [-0.1, -0.05) is 12.1 Å². The zero-order valence-electron chi connectivity index (χ0n) is 7.81. The fourth-order valence-corrected chi connectivity index (χ4v) is 1.25. The Morgan fingerprint density at radius 2 is 2.00 bits per heavy atom. The van der Waals surface area contributed by atoms with Crippen LogP contribution in [0.3, 0.4) is 0 Å². The van der Waals surface area contributed by atoms with Gasteiger partial charge in [0.1, 0.15) is 18.0 Å². The monoisotopic (exact) mass is 191 g/mol. The van der Waals surface area contributed by atoms with Crippen molar-refractivity contribution in [1.82, 2.24) is 14.8 Å². The van der Waals surface area contributed by atoms with Gasteiger partial charge in [-0.25, -0.2) is 4.39 Å². The maximum absolute atomic E-state index is 12.6. The fraction of sp³-hybridized carbons (Fsp3) is 0.200. The minimum atomic E-state index is -0.216. The molecule has 0 bridgehead atoms. The van der Waals surface area contributed by atoms with Gasteiger partial charge in [-0.15, -0.1) is 10.2 Å². The largest absolute Gasteiger partial charge is 0.320 e. The summed E-state index contributed by atoms with van der Waals surface area (Å²) in [5.74, 6) is 0.656. The summed E-state index contributed by atoms with van der Waals surface area (Å²) in [5, 5.41) is 7.73. The van der Waals surface area contributed by atoms with E-state index in [4.69, 9.17) is 0 Å². The Morgan fingerprint density at radius 3 is 2.57 bits per heavy atom. The molecule has 1 heterocycles. The molecule has 14 heavy (non-hydrogen) atoms. The van der Waals surface area contributed by atoms with Gasteiger partial charge in [-0.2, -0.15) is 0 Å². The van der Waals surface area contributed by atoms with Crippen molar-refractivity contribution >= 4 is 0 Å². The minimum Gasteiger partial charge on any atom is -0.320 e. The number of benzene rings is 1. The number of aryl methyl sites for hydroxylation is 1. The number of aromatic nitrogens is 3. The van der Waals surface area contributed by atoms with Crippen LogP contribution in [0, 0.1) is 5.82 Å². The van der Waals surface area contributed by atoms with E-state index in [1.807, 2.05) is 11.6 Å². The molecule has 0 aliphatic rings. The Morgan fingerprint density at radius 1 is 1.29 bits per heavy atom. The maximum atomic E-state index is 12.6. The third-order valence-corrected chi connectivity index (χ3v) is 2.08. The Balaban J connectivity index is 2.19. The second-order valence-corrected chi connectivity index (χ2v) is 3.16. The Kier molecular flexibility index (Phi) is 2.26. The van der Waals surface area contributed by atoms with E-state index in [1.165, 1.54) is 12.1 Å². The number of nitrogens with zero attached hydrogens (tertiary/aromatic N) is 3. The predicted molar refractivity (Wildman–Crippen MR) is 50.2 cm³/mol. The number of hydrogen-bond donors (Lipinski definition) is 0. The van der Waals surface area contributed by atoms with Crippen molar-refractivity contribution in [2.75, 3.05) is 0 Å². The van der Waals surface area contributed by atoms with Crippen LogP contribution in [-0.2, 0) is 13.5 Å². The molecule has 0 aliphatic heterocycles. The average Bonchev–Trinajstić information content (AvgIpc) is 2.56.